The standard InChI is InChI=1S/C26H34BrN3O3/c1-33-25(31)12-7-19-30(24-11-6-9-20-8-2-3-10-23(20)24)18-5-4-17-28-26(32)29-22-15-13-21(27)14-16-22/h2-3,8,10,13-16,24H,4-7,9,11-12,17-19H2,1H3,(H2,28,29,32). The number of hydrogen-bond donors (Lipinski definition) is 2. The molecule has 2 aromatic rings. The lowest BCUT2D eigenvalue weighted by atomic mass is 9.86. The van der Waals surface area contributed by atoms with E-state index in [4.69, 9.17) is 4.74 Å². The minimum atomic E-state index is -0.187. The number of esters is 1. The van der Waals surface area contributed by atoms with E-state index >= 15 is 0 Å². The first-order chi connectivity index (χ1) is 16.1. The molecule has 0 aromatic heterocycles. The predicted molar refractivity (Wildman–Crippen MR) is 135 cm³/mol. The Kier molecular flexibility index (Phi) is 10.2. The molecule has 33 heavy (non-hydrogen) atoms. The summed E-state index contributed by atoms with van der Waals surface area (Å²) in [7, 11) is 1.44. The zero-order valence-corrected chi connectivity index (χ0v) is 20.9. The summed E-state index contributed by atoms with van der Waals surface area (Å²) in [5.41, 5.74) is 3.63. The number of amides is 2. The van der Waals surface area contributed by atoms with Gasteiger partial charge < -0.3 is 15.4 Å². The molecule has 0 saturated heterocycles. The first kappa shape index (κ1) is 25.2. The van der Waals surface area contributed by atoms with Crippen LogP contribution in [-0.4, -0.2) is 43.6 Å². The Labute approximate surface area is 205 Å². The second kappa shape index (κ2) is 13.4. The third kappa shape index (κ3) is 8.16. The number of unbranched alkanes of at least 4 members (excludes halogenated alkanes) is 1. The summed E-state index contributed by atoms with van der Waals surface area (Å²) in [5, 5.41) is 5.79. The number of carbonyl (C=O) groups excluding carboxylic acids is 2. The van der Waals surface area contributed by atoms with Crippen molar-refractivity contribution in [2.75, 3.05) is 32.1 Å². The molecule has 0 heterocycles. The van der Waals surface area contributed by atoms with Crippen molar-refractivity contribution < 1.29 is 14.3 Å². The SMILES string of the molecule is COC(=O)CCCN(CCCCNC(=O)Nc1ccc(Br)cc1)C1CCCc2ccccc21. The molecule has 1 aliphatic carbocycles. The van der Waals surface area contributed by atoms with Gasteiger partial charge in [-0.25, -0.2) is 4.79 Å². The third-order valence-electron chi connectivity index (χ3n) is 6.09. The molecule has 0 fully saturated rings. The van der Waals surface area contributed by atoms with E-state index in [9.17, 15) is 9.59 Å². The van der Waals surface area contributed by atoms with E-state index in [1.807, 2.05) is 24.3 Å². The highest BCUT2D eigenvalue weighted by molar-refractivity contribution is 9.10. The molecule has 2 aromatic carbocycles. The average Bonchev–Trinajstić information content (AvgIpc) is 2.83. The van der Waals surface area contributed by atoms with Crippen LogP contribution in [0.5, 0.6) is 0 Å². The number of fused-ring (bicyclic) bond motifs is 1. The molecule has 1 aliphatic rings. The Morgan fingerprint density at radius 1 is 1.06 bits per heavy atom. The van der Waals surface area contributed by atoms with E-state index < -0.39 is 0 Å². The van der Waals surface area contributed by atoms with Gasteiger partial charge in [-0.3, -0.25) is 9.69 Å². The molecule has 0 radical (unpaired) electrons. The number of anilines is 1. The molecule has 2 amide bonds. The lowest BCUT2D eigenvalue weighted by Crippen LogP contribution is -2.34. The monoisotopic (exact) mass is 515 g/mol. The second-order valence-corrected chi connectivity index (χ2v) is 9.33. The summed E-state index contributed by atoms with van der Waals surface area (Å²) >= 11 is 3.39. The zero-order valence-electron chi connectivity index (χ0n) is 19.3. The Bertz CT molecular complexity index is 904. The summed E-state index contributed by atoms with van der Waals surface area (Å²) in [6, 6.07) is 16.4. The largest absolute Gasteiger partial charge is 0.469 e. The van der Waals surface area contributed by atoms with Crippen LogP contribution in [0.2, 0.25) is 0 Å². The molecule has 7 heteroatoms. The fraction of sp³-hybridized carbons (Fsp3) is 0.462. The van der Waals surface area contributed by atoms with Crippen LogP contribution in [0, 0.1) is 0 Å². The normalized spacial score (nSPS) is 15.1. The van der Waals surface area contributed by atoms with Crippen LogP contribution in [0.15, 0.2) is 53.0 Å². The maximum Gasteiger partial charge on any atom is 0.319 e. The number of nitrogens with zero attached hydrogens (tertiary/aromatic N) is 1. The summed E-state index contributed by atoms with van der Waals surface area (Å²) in [5.74, 6) is -0.153. The van der Waals surface area contributed by atoms with Crippen LogP contribution in [0.3, 0.4) is 0 Å². The van der Waals surface area contributed by atoms with Gasteiger partial charge in [-0.1, -0.05) is 40.2 Å². The average molecular weight is 516 g/mol. The zero-order chi connectivity index (χ0) is 23.5. The van der Waals surface area contributed by atoms with Gasteiger partial charge in [-0.15, -0.1) is 0 Å². The number of urea groups is 1. The van der Waals surface area contributed by atoms with Gasteiger partial charge in [0.1, 0.15) is 0 Å². The highest BCUT2D eigenvalue weighted by Crippen LogP contribution is 2.34. The second-order valence-electron chi connectivity index (χ2n) is 8.42. The first-order valence-corrected chi connectivity index (χ1v) is 12.5. The van der Waals surface area contributed by atoms with E-state index in [0.29, 0.717) is 19.0 Å². The van der Waals surface area contributed by atoms with E-state index in [1.165, 1.54) is 24.7 Å². The molecular weight excluding hydrogens is 482 g/mol. The molecule has 0 spiro atoms. The summed E-state index contributed by atoms with van der Waals surface area (Å²) < 4.78 is 5.79. The molecule has 1 atom stereocenters. The molecule has 178 valence electrons. The van der Waals surface area contributed by atoms with Crippen LogP contribution in [-0.2, 0) is 16.0 Å². The van der Waals surface area contributed by atoms with Crippen molar-refractivity contribution >= 4 is 33.6 Å². The van der Waals surface area contributed by atoms with Crippen LogP contribution in [0.4, 0.5) is 10.5 Å². The Balaban J connectivity index is 1.47. The lowest BCUT2D eigenvalue weighted by molar-refractivity contribution is -0.140. The fourth-order valence-corrected chi connectivity index (χ4v) is 4.67. The molecule has 0 bridgehead atoms. The van der Waals surface area contributed by atoms with Crippen molar-refractivity contribution in [3.05, 3.63) is 64.1 Å². The highest BCUT2D eigenvalue weighted by Gasteiger charge is 2.25. The molecule has 2 N–H and O–H groups in total. The number of nitrogens with one attached hydrogen (secondary N) is 2. The van der Waals surface area contributed by atoms with Crippen molar-refractivity contribution in [2.45, 2.75) is 51.0 Å². The summed E-state index contributed by atoms with van der Waals surface area (Å²) in [6.45, 7) is 2.43. The maximum absolute atomic E-state index is 12.1. The fourth-order valence-electron chi connectivity index (χ4n) is 4.41. The van der Waals surface area contributed by atoms with E-state index in [1.54, 1.807) is 0 Å². The van der Waals surface area contributed by atoms with Gasteiger partial charge in [0, 0.05) is 29.2 Å². The maximum atomic E-state index is 12.1. The first-order valence-electron chi connectivity index (χ1n) is 11.8. The number of ether oxygens (including phenoxy) is 1. The number of rotatable bonds is 11. The van der Waals surface area contributed by atoms with E-state index in [-0.39, 0.29) is 12.0 Å². The van der Waals surface area contributed by atoms with Crippen molar-refractivity contribution in [1.82, 2.24) is 10.2 Å². The van der Waals surface area contributed by atoms with Gasteiger partial charge in [-0.05, 0) is 87.0 Å². The van der Waals surface area contributed by atoms with Gasteiger partial charge in [-0.2, -0.15) is 0 Å². The quantitative estimate of drug-likeness (QED) is 0.298. The Hall–Kier alpha value is -2.38. The van der Waals surface area contributed by atoms with Crippen molar-refractivity contribution in [3.8, 4) is 0 Å². The van der Waals surface area contributed by atoms with Gasteiger partial charge in [0.15, 0.2) is 0 Å². The molecular formula is C26H34BrN3O3. The topological polar surface area (TPSA) is 70.7 Å². The number of aryl methyl sites for hydroxylation is 1. The van der Waals surface area contributed by atoms with Crippen LogP contribution in [0.1, 0.15) is 55.7 Å². The number of hydrogen-bond acceptors (Lipinski definition) is 4. The third-order valence-corrected chi connectivity index (χ3v) is 6.62. The van der Waals surface area contributed by atoms with Gasteiger partial charge >= 0.3 is 12.0 Å². The minimum absolute atomic E-state index is 0.153. The minimum Gasteiger partial charge on any atom is -0.469 e. The van der Waals surface area contributed by atoms with E-state index in [2.05, 4.69) is 55.7 Å². The molecule has 3 rings (SSSR count). The van der Waals surface area contributed by atoms with Crippen LogP contribution in [0.25, 0.3) is 0 Å². The van der Waals surface area contributed by atoms with Gasteiger partial charge in [0.05, 0.1) is 7.11 Å². The number of carbonyl (C=O) groups is 2. The number of methoxy groups -OCH3 is 1. The van der Waals surface area contributed by atoms with E-state index in [0.717, 1.165) is 55.4 Å². The predicted octanol–water partition coefficient (Wildman–Crippen LogP) is 5.68. The lowest BCUT2D eigenvalue weighted by Gasteiger charge is -2.36. The molecule has 6 nitrogen and oxygen atoms in total. The van der Waals surface area contributed by atoms with Crippen LogP contribution >= 0.6 is 15.9 Å². The molecule has 0 saturated carbocycles. The van der Waals surface area contributed by atoms with Crippen LogP contribution < -0.4 is 10.6 Å². The van der Waals surface area contributed by atoms with Crippen molar-refractivity contribution in [3.63, 3.8) is 0 Å². The number of halogens is 1. The smallest absolute Gasteiger partial charge is 0.319 e. The van der Waals surface area contributed by atoms with Crippen molar-refractivity contribution in [1.29, 1.82) is 0 Å². The molecule has 1 unspecified atom stereocenters. The van der Waals surface area contributed by atoms with Crippen molar-refractivity contribution in [2.24, 2.45) is 0 Å². The summed E-state index contributed by atoms with van der Waals surface area (Å²) in [6.07, 6.45) is 6.58. The highest BCUT2D eigenvalue weighted by atomic mass is 79.9. The summed E-state index contributed by atoms with van der Waals surface area (Å²) in [4.78, 5) is 26.2. The van der Waals surface area contributed by atoms with Gasteiger partial charge in [0.25, 0.3) is 0 Å². The van der Waals surface area contributed by atoms with Gasteiger partial charge in [0.2, 0.25) is 0 Å². The molecule has 0 aliphatic heterocycles. The number of benzene rings is 2. The Morgan fingerprint density at radius 2 is 1.82 bits per heavy atom. The Morgan fingerprint density at radius 3 is 2.61 bits per heavy atom.